The Kier molecular flexibility index (Phi) is 3.27. The van der Waals surface area contributed by atoms with E-state index in [4.69, 9.17) is 4.74 Å². The van der Waals surface area contributed by atoms with Crippen LogP contribution in [0.4, 0.5) is 0 Å². The summed E-state index contributed by atoms with van der Waals surface area (Å²) < 4.78 is 5.52. The average Bonchev–Trinajstić information content (AvgIpc) is 2.01. The smallest absolute Gasteiger partial charge is 0.239 e. The summed E-state index contributed by atoms with van der Waals surface area (Å²) in [5, 5.41) is 5.89. The van der Waals surface area contributed by atoms with Gasteiger partial charge in [0.2, 0.25) is 5.91 Å². The molecule has 0 aliphatic carbocycles. The predicted octanol–water partition coefficient (Wildman–Crippen LogP) is -0.110. The van der Waals surface area contributed by atoms with E-state index in [0.29, 0.717) is 13.2 Å². The van der Waals surface area contributed by atoms with E-state index in [-0.39, 0.29) is 17.6 Å². The third kappa shape index (κ3) is 3.74. The minimum atomic E-state index is -0.187. The molecule has 76 valence electrons. The van der Waals surface area contributed by atoms with Crippen molar-refractivity contribution in [2.45, 2.75) is 32.4 Å². The summed E-state index contributed by atoms with van der Waals surface area (Å²) in [6, 6.07) is -0.187. The topological polar surface area (TPSA) is 50.4 Å². The number of hydrogen-bond donors (Lipinski definition) is 2. The molecule has 1 aliphatic rings. The zero-order chi connectivity index (χ0) is 9.90. The van der Waals surface area contributed by atoms with Gasteiger partial charge in [0, 0.05) is 13.1 Å². The molecule has 4 heteroatoms. The summed E-state index contributed by atoms with van der Waals surface area (Å²) in [6.45, 7) is 7.92. The van der Waals surface area contributed by atoms with Crippen LogP contribution in [0, 0.1) is 0 Å². The molecule has 0 spiro atoms. The fourth-order valence-corrected chi connectivity index (χ4v) is 1.12. The number of carbonyl (C=O) groups is 1. The second-order valence-corrected chi connectivity index (χ2v) is 4.22. The molecular formula is C9H18N2O2. The summed E-state index contributed by atoms with van der Waals surface area (Å²) in [5.74, 6) is 0.0375. The molecule has 0 aromatic rings. The minimum absolute atomic E-state index is 0.0375. The van der Waals surface area contributed by atoms with Crippen molar-refractivity contribution in [3.05, 3.63) is 0 Å². The normalized spacial score (nSPS) is 24.2. The van der Waals surface area contributed by atoms with Gasteiger partial charge in [-0.15, -0.1) is 0 Å². The van der Waals surface area contributed by atoms with E-state index in [1.807, 2.05) is 20.8 Å². The van der Waals surface area contributed by atoms with E-state index < -0.39 is 0 Å². The van der Waals surface area contributed by atoms with Gasteiger partial charge in [0.25, 0.3) is 0 Å². The average molecular weight is 186 g/mol. The van der Waals surface area contributed by atoms with Crippen LogP contribution in [0.15, 0.2) is 0 Å². The SMILES string of the molecule is CC(C)(C)OC[C@@H]1NCCNC1=O. The highest BCUT2D eigenvalue weighted by Crippen LogP contribution is 2.07. The highest BCUT2D eigenvalue weighted by molar-refractivity contribution is 5.82. The monoisotopic (exact) mass is 186 g/mol. The third-order valence-electron chi connectivity index (χ3n) is 1.81. The zero-order valence-corrected chi connectivity index (χ0v) is 8.52. The molecule has 0 saturated carbocycles. The number of piperazine rings is 1. The van der Waals surface area contributed by atoms with E-state index in [0.717, 1.165) is 6.54 Å². The van der Waals surface area contributed by atoms with Crippen LogP contribution in [-0.4, -0.2) is 37.2 Å². The zero-order valence-electron chi connectivity index (χ0n) is 8.52. The molecule has 2 N–H and O–H groups in total. The van der Waals surface area contributed by atoms with Crippen molar-refractivity contribution in [1.29, 1.82) is 0 Å². The fourth-order valence-electron chi connectivity index (χ4n) is 1.12. The lowest BCUT2D eigenvalue weighted by Crippen LogP contribution is -2.55. The first-order valence-corrected chi connectivity index (χ1v) is 4.64. The standard InChI is InChI=1S/C9H18N2O2/c1-9(2,3)13-6-7-8(12)11-5-4-10-7/h7,10H,4-6H2,1-3H3,(H,11,12)/t7-/m0/s1. The van der Waals surface area contributed by atoms with Crippen molar-refractivity contribution in [3.8, 4) is 0 Å². The highest BCUT2D eigenvalue weighted by Gasteiger charge is 2.23. The number of carbonyl (C=O) groups excluding carboxylic acids is 1. The van der Waals surface area contributed by atoms with E-state index in [1.54, 1.807) is 0 Å². The Morgan fingerprint density at radius 3 is 2.69 bits per heavy atom. The van der Waals surface area contributed by atoms with Crippen molar-refractivity contribution in [2.75, 3.05) is 19.7 Å². The van der Waals surface area contributed by atoms with Crippen molar-refractivity contribution in [1.82, 2.24) is 10.6 Å². The Hall–Kier alpha value is -0.610. The molecule has 13 heavy (non-hydrogen) atoms. The van der Waals surface area contributed by atoms with Gasteiger partial charge in [0.15, 0.2) is 0 Å². The van der Waals surface area contributed by atoms with E-state index in [1.165, 1.54) is 0 Å². The Morgan fingerprint density at radius 1 is 1.46 bits per heavy atom. The van der Waals surface area contributed by atoms with Gasteiger partial charge in [-0.05, 0) is 20.8 Å². The lowest BCUT2D eigenvalue weighted by molar-refractivity contribution is -0.127. The van der Waals surface area contributed by atoms with Crippen LogP contribution in [0.2, 0.25) is 0 Å². The predicted molar refractivity (Wildman–Crippen MR) is 50.5 cm³/mol. The van der Waals surface area contributed by atoms with Crippen LogP contribution in [0.5, 0.6) is 0 Å². The summed E-state index contributed by atoms with van der Waals surface area (Å²) in [5.41, 5.74) is -0.181. The van der Waals surface area contributed by atoms with Crippen LogP contribution in [-0.2, 0) is 9.53 Å². The first-order chi connectivity index (χ1) is 5.99. The van der Waals surface area contributed by atoms with Crippen molar-refractivity contribution in [3.63, 3.8) is 0 Å². The van der Waals surface area contributed by atoms with Crippen LogP contribution < -0.4 is 10.6 Å². The van der Waals surface area contributed by atoms with Gasteiger partial charge in [-0.1, -0.05) is 0 Å². The largest absolute Gasteiger partial charge is 0.374 e. The second kappa shape index (κ2) is 4.07. The fraction of sp³-hybridized carbons (Fsp3) is 0.889. The molecule has 1 rings (SSSR count). The number of ether oxygens (including phenoxy) is 1. The van der Waals surface area contributed by atoms with Crippen LogP contribution in [0.25, 0.3) is 0 Å². The Labute approximate surface area is 79.0 Å². The summed E-state index contributed by atoms with van der Waals surface area (Å²) in [6.07, 6.45) is 0. The molecule has 4 nitrogen and oxygen atoms in total. The molecule has 0 aromatic heterocycles. The van der Waals surface area contributed by atoms with E-state index in [2.05, 4.69) is 10.6 Å². The van der Waals surface area contributed by atoms with Gasteiger partial charge in [-0.2, -0.15) is 0 Å². The molecule has 1 heterocycles. The number of rotatable bonds is 2. The lowest BCUT2D eigenvalue weighted by Gasteiger charge is -2.27. The van der Waals surface area contributed by atoms with E-state index >= 15 is 0 Å². The maximum atomic E-state index is 11.3. The molecule has 1 aliphatic heterocycles. The minimum Gasteiger partial charge on any atom is -0.374 e. The van der Waals surface area contributed by atoms with Gasteiger partial charge < -0.3 is 15.4 Å². The summed E-state index contributed by atoms with van der Waals surface area (Å²) in [7, 11) is 0. The molecule has 0 unspecified atom stereocenters. The highest BCUT2D eigenvalue weighted by atomic mass is 16.5. The van der Waals surface area contributed by atoms with Crippen molar-refractivity contribution in [2.24, 2.45) is 0 Å². The van der Waals surface area contributed by atoms with Gasteiger partial charge in [0.1, 0.15) is 6.04 Å². The quantitative estimate of drug-likeness (QED) is 0.632. The first kappa shape index (κ1) is 10.5. The van der Waals surface area contributed by atoms with Gasteiger partial charge in [-0.25, -0.2) is 0 Å². The van der Waals surface area contributed by atoms with Crippen LogP contribution in [0.1, 0.15) is 20.8 Å². The van der Waals surface area contributed by atoms with E-state index in [9.17, 15) is 4.79 Å². The van der Waals surface area contributed by atoms with Gasteiger partial charge >= 0.3 is 0 Å². The molecule has 1 fully saturated rings. The molecule has 1 amide bonds. The number of amides is 1. The molecule has 1 saturated heterocycles. The third-order valence-corrected chi connectivity index (χ3v) is 1.81. The van der Waals surface area contributed by atoms with Crippen molar-refractivity contribution >= 4 is 5.91 Å². The van der Waals surface area contributed by atoms with Crippen LogP contribution >= 0.6 is 0 Å². The summed E-state index contributed by atoms with van der Waals surface area (Å²) in [4.78, 5) is 11.3. The Bertz CT molecular complexity index is 187. The molecule has 0 aromatic carbocycles. The molecule has 0 bridgehead atoms. The maximum absolute atomic E-state index is 11.3. The Balaban J connectivity index is 2.31. The van der Waals surface area contributed by atoms with Crippen LogP contribution in [0.3, 0.4) is 0 Å². The number of nitrogens with one attached hydrogen (secondary N) is 2. The maximum Gasteiger partial charge on any atom is 0.239 e. The van der Waals surface area contributed by atoms with Gasteiger partial charge in [-0.3, -0.25) is 4.79 Å². The van der Waals surface area contributed by atoms with Gasteiger partial charge in [0.05, 0.1) is 12.2 Å². The molecular weight excluding hydrogens is 168 g/mol. The summed E-state index contributed by atoms with van der Waals surface area (Å²) >= 11 is 0. The second-order valence-electron chi connectivity index (χ2n) is 4.22. The molecule has 1 atom stereocenters. The van der Waals surface area contributed by atoms with Crippen molar-refractivity contribution < 1.29 is 9.53 Å². The Morgan fingerprint density at radius 2 is 2.15 bits per heavy atom. The number of hydrogen-bond acceptors (Lipinski definition) is 3. The first-order valence-electron chi connectivity index (χ1n) is 4.64. The lowest BCUT2D eigenvalue weighted by atomic mass is 10.2. The molecule has 0 radical (unpaired) electrons.